The monoisotopic (exact) mass is 471 g/mol. The van der Waals surface area contributed by atoms with E-state index in [9.17, 15) is 14.4 Å². The van der Waals surface area contributed by atoms with E-state index in [1.54, 1.807) is 36.4 Å². The van der Waals surface area contributed by atoms with E-state index in [4.69, 9.17) is 16.3 Å². The van der Waals surface area contributed by atoms with E-state index in [-0.39, 0.29) is 24.9 Å². The van der Waals surface area contributed by atoms with Gasteiger partial charge in [-0.05, 0) is 42.3 Å². The number of hydrogen-bond donors (Lipinski definition) is 3. The average Bonchev–Trinajstić information content (AvgIpc) is 2.81. The van der Waals surface area contributed by atoms with Crippen molar-refractivity contribution < 1.29 is 19.1 Å². The molecule has 2 aliphatic rings. The van der Waals surface area contributed by atoms with Crippen molar-refractivity contribution in [3.63, 3.8) is 0 Å². The number of anilines is 1. The molecule has 33 heavy (non-hydrogen) atoms. The van der Waals surface area contributed by atoms with Crippen molar-refractivity contribution in [3.05, 3.63) is 58.6 Å². The molecule has 174 valence electrons. The van der Waals surface area contributed by atoms with Gasteiger partial charge in [-0.1, -0.05) is 29.8 Å². The highest BCUT2D eigenvalue weighted by molar-refractivity contribution is 6.30. The maximum absolute atomic E-state index is 13.4. The van der Waals surface area contributed by atoms with Crippen LogP contribution in [0.4, 0.5) is 10.5 Å². The molecule has 0 aliphatic carbocycles. The predicted octanol–water partition coefficient (Wildman–Crippen LogP) is 1.95. The Morgan fingerprint density at radius 2 is 1.88 bits per heavy atom. The smallest absolute Gasteiger partial charge is 0.328 e. The number of rotatable bonds is 6. The first-order chi connectivity index (χ1) is 15.9. The van der Waals surface area contributed by atoms with Crippen LogP contribution in [0.3, 0.4) is 0 Å². The summed E-state index contributed by atoms with van der Waals surface area (Å²) >= 11 is 5.95. The van der Waals surface area contributed by atoms with Crippen molar-refractivity contribution in [3.8, 4) is 5.75 Å². The van der Waals surface area contributed by atoms with Gasteiger partial charge in [0.1, 0.15) is 24.5 Å². The van der Waals surface area contributed by atoms with E-state index in [0.29, 0.717) is 29.5 Å². The van der Waals surface area contributed by atoms with E-state index in [2.05, 4.69) is 16.0 Å². The second-order valence-electron chi connectivity index (χ2n) is 8.04. The van der Waals surface area contributed by atoms with Crippen LogP contribution in [0.15, 0.2) is 42.5 Å². The standard InChI is InChI=1S/C23H26ClN5O4/c1-14-3-8-18(33-2)17(11-14)27-19(30)13-28-21-20(25-9-10-26-21)22(31)29(23(28)32)12-15-4-6-16(24)7-5-15/h3-8,11,20-21,25-26H,9-10,12-13H2,1-2H3,(H,27,30). The number of nitrogens with one attached hydrogen (secondary N) is 3. The number of methoxy groups -OCH3 is 1. The zero-order chi connectivity index (χ0) is 23.5. The molecule has 0 aromatic heterocycles. The van der Waals surface area contributed by atoms with Crippen LogP contribution < -0.4 is 20.7 Å². The zero-order valence-corrected chi connectivity index (χ0v) is 19.2. The molecule has 3 N–H and O–H groups in total. The molecule has 0 saturated carbocycles. The van der Waals surface area contributed by atoms with Gasteiger partial charge >= 0.3 is 6.03 Å². The van der Waals surface area contributed by atoms with Crippen molar-refractivity contribution >= 4 is 35.1 Å². The van der Waals surface area contributed by atoms with E-state index in [1.165, 1.54) is 16.9 Å². The minimum atomic E-state index is -0.648. The van der Waals surface area contributed by atoms with E-state index in [1.807, 2.05) is 13.0 Å². The predicted molar refractivity (Wildman–Crippen MR) is 124 cm³/mol. The first-order valence-electron chi connectivity index (χ1n) is 10.6. The van der Waals surface area contributed by atoms with Crippen molar-refractivity contribution in [1.29, 1.82) is 0 Å². The summed E-state index contributed by atoms with van der Waals surface area (Å²) in [6, 6.07) is 11.2. The normalized spacial score (nSPS) is 20.5. The minimum absolute atomic E-state index is 0.0869. The quantitative estimate of drug-likeness (QED) is 0.595. The molecule has 0 radical (unpaired) electrons. The highest BCUT2D eigenvalue weighted by atomic mass is 35.5. The lowest BCUT2D eigenvalue weighted by Gasteiger charge is -2.47. The van der Waals surface area contributed by atoms with Crippen LogP contribution in [0.2, 0.25) is 5.02 Å². The Hall–Kier alpha value is -3.14. The average molecular weight is 472 g/mol. The Balaban J connectivity index is 1.55. The number of fused-ring (bicyclic) bond motifs is 1. The van der Waals surface area contributed by atoms with Crippen LogP contribution >= 0.6 is 11.6 Å². The lowest BCUT2D eigenvalue weighted by Crippen LogP contribution is -2.75. The van der Waals surface area contributed by atoms with E-state index >= 15 is 0 Å². The molecule has 4 amide bonds. The first-order valence-corrected chi connectivity index (χ1v) is 11.0. The molecule has 2 saturated heterocycles. The van der Waals surface area contributed by atoms with Crippen LogP contribution in [0.1, 0.15) is 11.1 Å². The van der Waals surface area contributed by atoms with Crippen LogP contribution in [-0.4, -0.2) is 66.6 Å². The summed E-state index contributed by atoms with van der Waals surface area (Å²) in [5.74, 6) is -0.197. The molecule has 2 atom stereocenters. The Kier molecular flexibility index (Phi) is 6.83. The number of halogens is 1. The molecule has 2 fully saturated rings. The topological polar surface area (TPSA) is 103 Å². The summed E-state index contributed by atoms with van der Waals surface area (Å²) in [6.07, 6.45) is -0.620. The Labute approximate surface area is 197 Å². The highest BCUT2D eigenvalue weighted by Crippen LogP contribution is 2.26. The first kappa shape index (κ1) is 23.0. The van der Waals surface area contributed by atoms with E-state index in [0.717, 1.165) is 11.1 Å². The molecule has 10 heteroatoms. The van der Waals surface area contributed by atoms with Crippen molar-refractivity contribution in [2.24, 2.45) is 0 Å². The SMILES string of the molecule is COc1ccc(C)cc1NC(=O)CN1C(=O)N(Cc2ccc(Cl)cc2)C(=O)C2NCCNC21. The van der Waals surface area contributed by atoms with Gasteiger partial charge in [-0.25, -0.2) is 4.79 Å². The van der Waals surface area contributed by atoms with Gasteiger partial charge < -0.3 is 15.4 Å². The van der Waals surface area contributed by atoms with Crippen LogP contribution in [0.25, 0.3) is 0 Å². The Morgan fingerprint density at radius 3 is 2.61 bits per heavy atom. The Bertz CT molecular complexity index is 1060. The summed E-state index contributed by atoms with van der Waals surface area (Å²) in [5, 5.41) is 9.76. The third kappa shape index (κ3) is 4.95. The molecular weight excluding hydrogens is 446 g/mol. The molecule has 9 nitrogen and oxygen atoms in total. The lowest BCUT2D eigenvalue weighted by molar-refractivity contribution is -0.139. The fraction of sp³-hybridized carbons (Fsp3) is 0.348. The van der Waals surface area contributed by atoms with Crippen molar-refractivity contribution in [1.82, 2.24) is 20.4 Å². The van der Waals surface area contributed by atoms with Gasteiger partial charge in [0.2, 0.25) is 5.91 Å². The summed E-state index contributed by atoms with van der Waals surface area (Å²) in [5.41, 5.74) is 2.24. The molecule has 2 aromatic carbocycles. The number of imide groups is 1. The molecular formula is C23H26ClN5O4. The van der Waals surface area contributed by atoms with Gasteiger partial charge in [-0.2, -0.15) is 0 Å². The summed E-state index contributed by atoms with van der Waals surface area (Å²) in [4.78, 5) is 42.0. The maximum atomic E-state index is 13.4. The number of ether oxygens (including phenoxy) is 1. The second-order valence-corrected chi connectivity index (χ2v) is 8.48. The number of carbonyl (C=O) groups excluding carboxylic acids is 3. The van der Waals surface area contributed by atoms with Crippen molar-refractivity contribution in [2.75, 3.05) is 32.1 Å². The number of aryl methyl sites for hydroxylation is 1. The van der Waals surface area contributed by atoms with Crippen molar-refractivity contribution in [2.45, 2.75) is 25.7 Å². The number of hydrogen-bond acceptors (Lipinski definition) is 6. The molecule has 0 bridgehead atoms. The molecule has 2 heterocycles. The lowest BCUT2D eigenvalue weighted by atomic mass is 10.1. The summed E-state index contributed by atoms with van der Waals surface area (Å²) in [6.45, 7) is 2.92. The van der Waals surface area contributed by atoms with Gasteiger partial charge in [-0.15, -0.1) is 0 Å². The number of amides is 4. The highest BCUT2D eigenvalue weighted by Gasteiger charge is 2.47. The fourth-order valence-corrected chi connectivity index (χ4v) is 4.20. The maximum Gasteiger partial charge on any atom is 0.328 e. The molecule has 2 aromatic rings. The van der Waals surface area contributed by atoms with Gasteiger partial charge in [0.15, 0.2) is 0 Å². The number of nitrogens with zero attached hydrogens (tertiary/aromatic N) is 2. The minimum Gasteiger partial charge on any atom is -0.495 e. The number of carbonyl (C=O) groups is 3. The summed E-state index contributed by atoms with van der Waals surface area (Å²) in [7, 11) is 1.52. The molecule has 4 rings (SSSR count). The summed E-state index contributed by atoms with van der Waals surface area (Å²) < 4.78 is 5.32. The van der Waals surface area contributed by atoms with Crippen LogP contribution in [0.5, 0.6) is 5.75 Å². The number of piperazine rings is 1. The second kappa shape index (κ2) is 9.78. The fourth-order valence-electron chi connectivity index (χ4n) is 4.07. The van der Waals surface area contributed by atoms with Gasteiger partial charge in [0, 0.05) is 18.1 Å². The van der Waals surface area contributed by atoms with Gasteiger partial charge in [0.25, 0.3) is 5.91 Å². The largest absolute Gasteiger partial charge is 0.495 e. The van der Waals surface area contributed by atoms with Gasteiger partial charge in [0.05, 0.1) is 19.3 Å². The zero-order valence-electron chi connectivity index (χ0n) is 18.4. The molecule has 2 unspecified atom stereocenters. The number of urea groups is 1. The number of benzene rings is 2. The molecule has 0 spiro atoms. The van der Waals surface area contributed by atoms with Crippen LogP contribution in [0, 0.1) is 6.92 Å². The van der Waals surface area contributed by atoms with E-state index < -0.39 is 18.2 Å². The molecule has 2 aliphatic heterocycles. The Morgan fingerprint density at radius 1 is 1.15 bits per heavy atom. The third-order valence-electron chi connectivity index (χ3n) is 5.70. The van der Waals surface area contributed by atoms with Gasteiger partial charge in [-0.3, -0.25) is 24.7 Å². The third-order valence-corrected chi connectivity index (χ3v) is 5.95. The van der Waals surface area contributed by atoms with Crippen LogP contribution in [-0.2, 0) is 16.1 Å².